The monoisotopic (exact) mass is 473 g/mol. The van der Waals surface area contributed by atoms with Crippen LogP contribution in [0.15, 0.2) is 60.7 Å². The van der Waals surface area contributed by atoms with E-state index in [1.807, 2.05) is 60.7 Å². The van der Waals surface area contributed by atoms with Crippen LogP contribution in [-0.4, -0.2) is 65.9 Å². The van der Waals surface area contributed by atoms with Crippen molar-refractivity contribution >= 4 is 11.9 Å². The van der Waals surface area contributed by atoms with Crippen LogP contribution in [0, 0.1) is 0 Å². The topological polar surface area (TPSA) is 124 Å². The third-order valence-electron chi connectivity index (χ3n) is 5.34. The lowest BCUT2D eigenvalue weighted by atomic mass is 9.96. The van der Waals surface area contributed by atoms with Gasteiger partial charge in [-0.2, -0.15) is 0 Å². The molecular formula is C25H31NO8. The minimum absolute atomic E-state index is 0.0525. The molecule has 0 bridgehead atoms. The summed E-state index contributed by atoms with van der Waals surface area (Å²) in [5.74, 6) is -0.829. The molecule has 1 saturated heterocycles. The van der Waals surface area contributed by atoms with Gasteiger partial charge in [-0.3, -0.25) is 9.59 Å². The number of carbonyl (C=O) groups excluding carboxylic acids is 2. The lowest BCUT2D eigenvalue weighted by molar-refractivity contribution is -0.280. The number of hydrogen-bond acceptors (Lipinski definition) is 8. The highest BCUT2D eigenvalue weighted by atomic mass is 16.7. The average Bonchev–Trinajstić information content (AvgIpc) is 2.85. The van der Waals surface area contributed by atoms with Gasteiger partial charge in [0, 0.05) is 6.92 Å². The van der Waals surface area contributed by atoms with E-state index in [1.165, 1.54) is 6.92 Å². The summed E-state index contributed by atoms with van der Waals surface area (Å²) in [6.07, 6.45) is -4.25. The summed E-state index contributed by atoms with van der Waals surface area (Å²) in [6.45, 7) is 1.13. The van der Waals surface area contributed by atoms with Crippen LogP contribution in [0.25, 0.3) is 0 Å². The first-order valence-corrected chi connectivity index (χ1v) is 11.2. The summed E-state index contributed by atoms with van der Waals surface area (Å²) in [5, 5.41) is 23.1. The molecule has 1 aliphatic rings. The zero-order valence-electron chi connectivity index (χ0n) is 19.0. The second kappa shape index (κ2) is 13.2. The number of hydrogen-bond donors (Lipinski definition) is 3. The quantitative estimate of drug-likeness (QED) is 0.418. The Balaban J connectivity index is 1.60. The third-order valence-corrected chi connectivity index (χ3v) is 5.34. The van der Waals surface area contributed by atoms with Crippen molar-refractivity contribution in [3.63, 3.8) is 0 Å². The number of rotatable bonds is 11. The van der Waals surface area contributed by atoms with Crippen LogP contribution in [0.5, 0.6) is 0 Å². The molecule has 1 amide bonds. The molecule has 0 spiro atoms. The second-order valence-electron chi connectivity index (χ2n) is 7.97. The molecule has 9 nitrogen and oxygen atoms in total. The van der Waals surface area contributed by atoms with E-state index in [4.69, 9.17) is 18.9 Å². The van der Waals surface area contributed by atoms with Gasteiger partial charge in [0.2, 0.25) is 5.91 Å². The lowest BCUT2D eigenvalue weighted by Crippen LogP contribution is -2.65. The molecule has 1 heterocycles. The van der Waals surface area contributed by atoms with Crippen LogP contribution in [0.1, 0.15) is 24.5 Å². The van der Waals surface area contributed by atoms with Gasteiger partial charge in [0.1, 0.15) is 31.0 Å². The predicted octanol–water partition coefficient (Wildman–Crippen LogP) is 1.30. The number of esters is 1. The number of nitrogens with one attached hydrogen (secondary N) is 1. The largest absolute Gasteiger partial charge is 0.461 e. The standard InChI is InChI=1S/C25H31NO8/c1-17(28)26-22-24(31-13-12-21(29)32-15-18-8-4-2-5-9-18)23(30)20(14-27)34-25(22)33-16-19-10-6-3-7-11-19/h2-11,20,22-25,27,30H,12-16H2,1H3,(H,26,28)/t20-,22+,23-,24-,25-/m1/s1. The van der Waals surface area contributed by atoms with Gasteiger partial charge < -0.3 is 34.5 Å². The van der Waals surface area contributed by atoms with Gasteiger partial charge in [-0.1, -0.05) is 60.7 Å². The Morgan fingerprint density at radius 2 is 1.59 bits per heavy atom. The molecule has 184 valence electrons. The molecule has 1 aliphatic heterocycles. The van der Waals surface area contributed by atoms with Crippen molar-refractivity contribution in [1.29, 1.82) is 0 Å². The van der Waals surface area contributed by atoms with Crippen molar-refractivity contribution in [2.45, 2.75) is 57.2 Å². The lowest BCUT2D eigenvalue weighted by Gasteiger charge is -2.44. The Hall–Kier alpha value is -2.82. The normalized spacial score (nSPS) is 24.4. The number of aliphatic hydroxyl groups is 2. The first-order valence-electron chi connectivity index (χ1n) is 11.2. The molecule has 0 radical (unpaired) electrons. The highest BCUT2D eigenvalue weighted by Gasteiger charge is 2.47. The molecule has 5 atom stereocenters. The number of amides is 1. The van der Waals surface area contributed by atoms with E-state index < -0.39 is 43.2 Å². The van der Waals surface area contributed by atoms with Crippen LogP contribution in [0.3, 0.4) is 0 Å². The Labute approximate surface area is 198 Å². The first-order chi connectivity index (χ1) is 16.5. The van der Waals surface area contributed by atoms with Crippen LogP contribution < -0.4 is 5.32 Å². The van der Waals surface area contributed by atoms with Crippen molar-refractivity contribution in [1.82, 2.24) is 5.32 Å². The predicted molar refractivity (Wildman–Crippen MR) is 121 cm³/mol. The number of aliphatic hydroxyl groups excluding tert-OH is 2. The van der Waals surface area contributed by atoms with Crippen LogP contribution in [0.4, 0.5) is 0 Å². The molecule has 1 fully saturated rings. The SMILES string of the molecule is CC(=O)N[C@@H]1[C@H](OCc2ccccc2)O[C@H](CO)[C@@H](O)[C@@H]1OCCC(=O)OCc1ccccc1. The second-order valence-corrected chi connectivity index (χ2v) is 7.97. The molecule has 0 saturated carbocycles. The Kier molecular flexibility index (Phi) is 9.99. The van der Waals surface area contributed by atoms with Crippen molar-refractivity contribution in [2.75, 3.05) is 13.2 Å². The number of carbonyl (C=O) groups is 2. The fourth-order valence-corrected chi connectivity index (χ4v) is 3.64. The Morgan fingerprint density at radius 3 is 2.18 bits per heavy atom. The molecule has 0 unspecified atom stereocenters. The van der Waals surface area contributed by atoms with E-state index in [9.17, 15) is 19.8 Å². The number of benzene rings is 2. The number of ether oxygens (including phenoxy) is 4. The smallest absolute Gasteiger partial charge is 0.308 e. The summed E-state index contributed by atoms with van der Waals surface area (Å²) in [6, 6.07) is 17.8. The fraction of sp³-hybridized carbons (Fsp3) is 0.440. The minimum atomic E-state index is -1.25. The fourth-order valence-electron chi connectivity index (χ4n) is 3.64. The maximum atomic E-state index is 12.1. The summed E-state index contributed by atoms with van der Waals surface area (Å²) in [5.41, 5.74) is 1.75. The highest BCUT2D eigenvalue weighted by Crippen LogP contribution is 2.25. The summed E-state index contributed by atoms with van der Waals surface area (Å²) in [7, 11) is 0. The molecule has 2 aromatic carbocycles. The Morgan fingerprint density at radius 1 is 0.971 bits per heavy atom. The van der Waals surface area contributed by atoms with E-state index in [0.717, 1.165) is 11.1 Å². The molecule has 3 N–H and O–H groups in total. The Bertz CT molecular complexity index is 894. The maximum Gasteiger partial charge on any atom is 0.308 e. The molecule has 34 heavy (non-hydrogen) atoms. The summed E-state index contributed by atoms with van der Waals surface area (Å²) in [4.78, 5) is 24.0. The van der Waals surface area contributed by atoms with Gasteiger partial charge in [-0.05, 0) is 11.1 Å². The molecule has 0 aliphatic carbocycles. The van der Waals surface area contributed by atoms with E-state index in [-0.39, 0.29) is 32.1 Å². The van der Waals surface area contributed by atoms with Gasteiger partial charge in [-0.25, -0.2) is 0 Å². The van der Waals surface area contributed by atoms with Gasteiger partial charge in [-0.15, -0.1) is 0 Å². The van der Waals surface area contributed by atoms with E-state index in [2.05, 4.69) is 5.32 Å². The molecule has 9 heteroatoms. The summed E-state index contributed by atoms with van der Waals surface area (Å²) < 4.78 is 22.7. The van der Waals surface area contributed by atoms with E-state index >= 15 is 0 Å². The molecule has 2 aromatic rings. The van der Waals surface area contributed by atoms with E-state index in [0.29, 0.717) is 0 Å². The maximum absolute atomic E-state index is 12.1. The molecule has 3 rings (SSSR count). The summed E-state index contributed by atoms with van der Waals surface area (Å²) >= 11 is 0. The van der Waals surface area contributed by atoms with Crippen LogP contribution in [-0.2, 0) is 41.8 Å². The van der Waals surface area contributed by atoms with Crippen LogP contribution in [0.2, 0.25) is 0 Å². The zero-order valence-corrected chi connectivity index (χ0v) is 19.0. The van der Waals surface area contributed by atoms with E-state index in [1.54, 1.807) is 0 Å². The van der Waals surface area contributed by atoms with Gasteiger partial charge >= 0.3 is 5.97 Å². The van der Waals surface area contributed by atoms with Gasteiger partial charge in [0.05, 0.1) is 26.2 Å². The van der Waals surface area contributed by atoms with Gasteiger partial charge in [0.25, 0.3) is 0 Å². The van der Waals surface area contributed by atoms with Crippen molar-refractivity contribution in [3.8, 4) is 0 Å². The zero-order chi connectivity index (χ0) is 24.3. The third kappa shape index (κ3) is 7.61. The molecule has 0 aromatic heterocycles. The van der Waals surface area contributed by atoms with Crippen molar-refractivity contribution < 1.29 is 38.7 Å². The van der Waals surface area contributed by atoms with Crippen molar-refractivity contribution in [3.05, 3.63) is 71.8 Å². The highest BCUT2D eigenvalue weighted by molar-refractivity contribution is 5.73. The van der Waals surface area contributed by atoms with Gasteiger partial charge in [0.15, 0.2) is 6.29 Å². The van der Waals surface area contributed by atoms with Crippen molar-refractivity contribution in [2.24, 2.45) is 0 Å². The van der Waals surface area contributed by atoms with Crippen LogP contribution >= 0.6 is 0 Å². The first kappa shape index (κ1) is 25.8. The average molecular weight is 474 g/mol. The minimum Gasteiger partial charge on any atom is -0.461 e. The molecular weight excluding hydrogens is 442 g/mol.